The van der Waals surface area contributed by atoms with Crippen LogP contribution in [-0.4, -0.2) is 6.54 Å². The predicted octanol–water partition coefficient (Wildman–Crippen LogP) is 4.61. The molecule has 0 amide bonds. The minimum Gasteiger partial charge on any atom is -0.367 e. The first-order valence-corrected chi connectivity index (χ1v) is 6.73. The second kappa shape index (κ2) is 6.01. The van der Waals surface area contributed by atoms with E-state index in [0.717, 1.165) is 23.2 Å². The summed E-state index contributed by atoms with van der Waals surface area (Å²) in [4.78, 5) is 2.21. The second-order valence-electron chi connectivity index (χ2n) is 4.12. The molecule has 2 aromatic carbocycles. The van der Waals surface area contributed by atoms with Crippen LogP contribution in [0.2, 0.25) is 0 Å². The Balaban J connectivity index is 2.17. The minimum atomic E-state index is -0.197. The molecule has 94 valence electrons. The predicted molar refractivity (Wildman–Crippen MR) is 77.3 cm³/mol. The van der Waals surface area contributed by atoms with Gasteiger partial charge in [-0.25, -0.2) is 4.39 Å². The quantitative estimate of drug-likeness (QED) is 0.797. The third kappa shape index (κ3) is 3.33. The molecule has 2 rings (SSSR count). The van der Waals surface area contributed by atoms with E-state index >= 15 is 0 Å². The van der Waals surface area contributed by atoms with E-state index in [9.17, 15) is 4.39 Å². The highest BCUT2D eigenvalue weighted by Crippen LogP contribution is 2.19. The van der Waals surface area contributed by atoms with Gasteiger partial charge in [0.05, 0.1) is 0 Å². The first-order valence-electron chi connectivity index (χ1n) is 5.94. The number of hydrogen-bond acceptors (Lipinski definition) is 1. The van der Waals surface area contributed by atoms with Gasteiger partial charge in [0.15, 0.2) is 0 Å². The molecule has 0 saturated carbocycles. The first-order chi connectivity index (χ1) is 8.69. The van der Waals surface area contributed by atoms with Gasteiger partial charge >= 0.3 is 0 Å². The average Bonchev–Trinajstić information content (AvgIpc) is 2.37. The van der Waals surface area contributed by atoms with Crippen LogP contribution in [0.15, 0.2) is 53.0 Å². The Hall–Kier alpha value is -1.35. The molecule has 0 unspecified atom stereocenters. The first kappa shape index (κ1) is 13.1. The van der Waals surface area contributed by atoms with E-state index < -0.39 is 0 Å². The average molecular weight is 308 g/mol. The van der Waals surface area contributed by atoms with Crippen LogP contribution >= 0.6 is 15.9 Å². The van der Waals surface area contributed by atoms with E-state index in [4.69, 9.17) is 0 Å². The molecule has 18 heavy (non-hydrogen) atoms. The standard InChI is InChI=1S/C15H15BrFN/c1-2-18(15-8-6-14(17)7-9-15)11-12-4-3-5-13(16)10-12/h3-10H,2,11H2,1H3. The van der Waals surface area contributed by atoms with Gasteiger partial charge in [-0.2, -0.15) is 0 Å². The molecule has 1 nitrogen and oxygen atoms in total. The summed E-state index contributed by atoms with van der Waals surface area (Å²) < 4.78 is 14.0. The number of halogens is 2. The van der Waals surface area contributed by atoms with E-state index in [1.165, 1.54) is 17.7 Å². The van der Waals surface area contributed by atoms with Gasteiger partial charge in [0, 0.05) is 23.2 Å². The van der Waals surface area contributed by atoms with Crippen molar-refractivity contribution in [3.63, 3.8) is 0 Å². The van der Waals surface area contributed by atoms with Gasteiger partial charge in [-0.1, -0.05) is 28.1 Å². The van der Waals surface area contributed by atoms with E-state index in [1.54, 1.807) is 0 Å². The summed E-state index contributed by atoms with van der Waals surface area (Å²) in [6.07, 6.45) is 0. The van der Waals surface area contributed by atoms with Crippen molar-refractivity contribution in [2.45, 2.75) is 13.5 Å². The van der Waals surface area contributed by atoms with Crippen molar-refractivity contribution in [1.29, 1.82) is 0 Å². The SMILES string of the molecule is CCN(Cc1cccc(Br)c1)c1ccc(F)cc1. The second-order valence-corrected chi connectivity index (χ2v) is 5.04. The number of nitrogens with zero attached hydrogens (tertiary/aromatic N) is 1. The topological polar surface area (TPSA) is 3.24 Å². The third-order valence-electron chi connectivity index (χ3n) is 2.84. The zero-order valence-corrected chi connectivity index (χ0v) is 11.8. The molecule has 3 heteroatoms. The lowest BCUT2D eigenvalue weighted by molar-refractivity contribution is 0.627. The Labute approximate surface area is 115 Å². The van der Waals surface area contributed by atoms with Crippen LogP contribution in [0.25, 0.3) is 0 Å². The molecule has 0 bridgehead atoms. The van der Waals surface area contributed by atoms with E-state index in [-0.39, 0.29) is 5.82 Å². The molecule has 2 aromatic rings. The Morgan fingerprint density at radius 2 is 1.83 bits per heavy atom. The number of anilines is 1. The van der Waals surface area contributed by atoms with Crippen molar-refractivity contribution in [2.24, 2.45) is 0 Å². The van der Waals surface area contributed by atoms with E-state index in [2.05, 4.69) is 39.9 Å². The smallest absolute Gasteiger partial charge is 0.123 e. The van der Waals surface area contributed by atoms with Crippen molar-refractivity contribution < 1.29 is 4.39 Å². The van der Waals surface area contributed by atoms with Crippen molar-refractivity contribution >= 4 is 21.6 Å². The highest BCUT2D eigenvalue weighted by Gasteiger charge is 2.05. The van der Waals surface area contributed by atoms with Crippen molar-refractivity contribution in [2.75, 3.05) is 11.4 Å². The zero-order chi connectivity index (χ0) is 13.0. The van der Waals surface area contributed by atoms with Gasteiger partial charge in [0.2, 0.25) is 0 Å². The van der Waals surface area contributed by atoms with Gasteiger partial charge in [-0.15, -0.1) is 0 Å². The summed E-state index contributed by atoms with van der Waals surface area (Å²) in [5.74, 6) is -0.197. The van der Waals surface area contributed by atoms with E-state index in [0.29, 0.717) is 0 Å². The molecule has 0 aliphatic carbocycles. The van der Waals surface area contributed by atoms with Gasteiger partial charge in [-0.05, 0) is 48.9 Å². The summed E-state index contributed by atoms with van der Waals surface area (Å²) in [7, 11) is 0. The number of hydrogen-bond donors (Lipinski definition) is 0. The Kier molecular flexibility index (Phi) is 4.37. The molecule has 0 aromatic heterocycles. The van der Waals surface area contributed by atoms with Gasteiger partial charge < -0.3 is 4.90 Å². The summed E-state index contributed by atoms with van der Waals surface area (Å²) in [5.41, 5.74) is 2.27. The molecule has 0 saturated heterocycles. The normalized spacial score (nSPS) is 10.4. The maximum absolute atomic E-state index is 12.9. The molecular formula is C15H15BrFN. The van der Waals surface area contributed by atoms with Crippen LogP contribution in [0.1, 0.15) is 12.5 Å². The summed E-state index contributed by atoms with van der Waals surface area (Å²) in [6.45, 7) is 3.81. The molecule has 0 N–H and O–H groups in total. The highest BCUT2D eigenvalue weighted by atomic mass is 79.9. The molecule has 0 heterocycles. The lowest BCUT2D eigenvalue weighted by Gasteiger charge is -2.23. The number of rotatable bonds is 4. The molecule has 0 spiro atoms. The van der Waals surface area contributed by atoms with Crippen molar-refractivity contribution in [1.82, 2.24) is 0 Å². The van der Waals surface area contributed by atoms with E-state index in [1.807, 2.05) is 24.3 Å². The largest absolute Gasteiger partial charge is 0.367 e. The lowest BCUT2D eigenvalue weighted by Crippen LogP contribution is -2.21. The fourth-order valence-corrected chi connectivity index (χ4v) is 2.34. The van der Waals surface area contributed by atoms with Crippen LogP contribution in [0.5, 0.6) is 0 Å². The number of benzene rings is 2. The summed E-state index contributed by atoms with van der Waals surface area (Å²) in [5, 5.41) is 0. The van der Waals surface area contributed by atoms with Gasteiger partial charge in [0.25, 0.3) is 0 Å². The molecule has 0 aliphatic rings. The fraction of sp³-hybridized carbons (Fsp3) is 0.200. The summed E-state index contributed by atoms with van der Waals surface area (Å²) in [6, 6.07) is 14.9. The molecular weight excluding hydrogens is 293 g/mol. The highest BCUT2D eigenvalue weighted by molar-refractivity contribution is 9.10. The minimum absolute atomic E-state index is 0.197. The van der Waals surface area contributed by atoms with Crippen molar-refractivity contribution in [3.8, 4) is 0 Å². The fourth-order valence-electron chi connectivity index (χ4n) is 1.89. The molecule has 0 atom stereocenters. The monoisotopic (exact) mass is 307 g/mol. The third-order valence-corrected chi connectivity index (χ3v) is 3.33. The van der Waals surface area contributed by atoms with Crippen LogP contribution in [0.3, 0.4) is 0 Å². The maximum Gasteiger partial charge on any atom is 0.123 e. The van der Waals surface area contributed by atoms with Gasteiger partial charge in [-0.3, -0.25) is 0 Å². The lowest BCUT2D eigenvalue weighted by atomic mass is 10.2. The molecule has 0 aliphatic heterocycles. The van der Waals surface area contributed by atoms with Crippen LogP contribution < -0.4 is 4.90 Å². The Morgan fingerprint density at radius 1 is 1.11 bits per heavy atom. The Morgan fingerprint density at radius 3 is 2.44 bits per heavy atom. The molecule has 0 radical (unpaired) electrons. The summed E-state index contributed by atoms with van der Waals surface area (Å²) >= 11 is 3.47. The van der Waals surface area contributed by atoms with Crippen LogP contribution in [-0.2, 0) is 6.54 Å². The Bertz CT molecular complexity index is 510. The van der Waals surface area contributed by atoms with Gasteiger partial charge in [0.1, 0.15) is 5.82 Å². The van der Waals surface area contributed by atoms with Crippen LogP contribution in [0.4, 0.5) is 10.1 Å². The van der Waals surface area contributed by atoms with Crippen LogP contribution in [0, 0.1) is 5.82 Å². The zero-order valence-electron chi connectivity index (χ0n) is 10.2. The molecule has 0 fully saturated rings. The maximum atomic E-state index is 12.9. The van der Waals surface area contributed by atoms with Crippen molar-refractivity contribution in [3.05, 3.63) is 64.4 Å².